The molecule has 1 aliphatic heterocycles. The summed E-state index contributed by atoms with van der Waals surface area (Å²) in [6.45, 7) is 2.00. The van der Waals surface area contributed by atoms with Gasteiger partial charge >= 0.3 is 0 Å². The first-order chi connectivity index (χ1) is 4.50. The summed E-state index contributed by atoms with van der Waals surface area (Å²) < 4.78 is 0. The van der Waals surface area contributed by atoms with E-state index in [4.69, 9.17) is 0 Å². The molecule has 1 radical (unpaired) electrons. The monoisotopic (exact) mass is 128 g/mol. The van der Waals surface area contributed by atoms with Crippen LogP contribution in [0.3, 0.4) is 0 Å². The highest BCUT2D eigenvalue weighted by atomic mass is 15.6. The highest BCUT2D eigenvalue weighted by Crippen LogP contribution is 1.97. The number of rotatable bonds is 0. The average Bonchev–Trinajstić information content (AvgIpc) is 2.00. The summed E-state index contributed by atoms with van der Waals surface area (Å²) in [5.74, 6) is 0. The van der Waals surface area contributed by atoms with Gasteiger partial charge in [-0.05, 0) is 12.8 Å². The molecule has 1 fully saturated rings. The maximum Gasteiger partial charge on any atom is 0.0318 e. The van der Waals surface area contributed by atoms with Gasteiger partial charge in [-0.1, -0.05) is 12.8 Å². The van der Waals surface area contributed by atoms with Crippen molar-refractivity contribution in [3.63, 3.8) is 0 Å². The molecule has 1 aliphatic rings. The lowest BCUT2D eigenvalue weighted by Gasteiger charge is -2.00. The lowest BCUT2D eigenvalue weighted by molar-refractivity contribution is 0.433. The lowest BCUT2D eigenvalue weighted by Crippen LogP contribution is -2.38. The van der Waals surface area contributed by atoms with Crippen molar-refractivity contribution in [2.45, 2.75) is 25.7 Å². The van der Waals surface area contributed by atoms with Crippen molar-refractivity contribution in [1.29, 1.82) is 0 Å². The van der Waals surface area contributed by atoms with Crippen LogP contribution in [0.5, 0.6) is 0 Å². The predicted molar refractivity (Wildman–Crippen MR) is 36.6 cm³/mol. The lowest BCUT2D eigenvalue weighted by atomic mass is 10.2. The maximum atomic E-state index is 4.03. The Bertz CT molecular complexity index is 36.8. The molecule has 0 unspecified atom stereocenters. The summed E-state index contributed by atoms with van der Waals surface area (Å²) >= 11 is 0. The molecule has 0 aliphatic carbocycles. The number of hydrogen-bond acceptors (Lipinski definition) is 2. The second-order valence-corrected chi connectivity index (χ2v) is 2.33. The Morgan fingerprint density at radius 3 is 2.89 bits per heavy atom. The first-order valence-corrected chi connectivity index (χ1v) is 3.64. The van der Waals surface area contributed by atoms with Gasteiger partial charge in [0.2, 0.25) is 0 Å². The number of hydrazine groups is 1. The second-order valence-electron chi connectivity index (χ2n) is 2.33. The molecular formula is C6H14N3. The zero-order chi connectivity index (χ0) is 6.36. The van der Waals surface area contributed by atoms with E-state index in [2.05, 4.69) is 16.4 Å². The van der Waals surface area contributed by atoms with Crippen molar-refractivity contribution in [3.8, 4) is 0 Å². The first kappa shape index (κ1) is 6.99. The Labute approximate surface area is 56.1 Å². The van der Waals surface area contributed by atoms with Gasteiger partial charge in [0, 0.05) is 13.1 Å². The summed E-state index contributed by atoms with van der Waals surface area (Å²) in [5, 5.41) is 0. The molecule has 9 heavy (non-hydrogen) atoms. The van der Waals surface area contributed by atoms with E-state index in [1.807, 2.05) is 0 Å². The van der Waals surface area contributed by atoms with Gasteiger partial charge < -0.3 is 0 Å². The van der Waals surface area contributed by atoms with Gasteiger partial charge in [0.05, 0.1) is 0 Å². The van der Waals surface area contributed by atoms with E-state index in [9.17, 15) is 0 Å². The Morgan fingerprint density at radius 2 is 1.89 bits per heavy atom. The van der Waals surface area contributed by atoms with Gasteiger partial charge in [-0.3, -0.25) is 0 Å². The zero-order valence-corrected chi connectivity index (χ0v) is 5.69. The van der Waals surface area contributed by atoms with Gasteiger partial charge in [0.25, 0.3) is 0 Å². The molecule has 2 N–H and O–H groups in total. The fourth-order valence-corrected chi connectivity index (χ4v) is 0.926. The average molecular weight is 128 g/mol. The smallest absolute Gasteiger partial charge is 0.0318 e. The minimum atomic E-state index is 0.951. The van der Waals surface area contributed by atoms with Crippen molar-refractivity contribution in [1.82, 2.24) is 16.4 Å². The Hall–Kier alpha value is -0.120. The molecule has 3 nitrogen and oxygen atoms in total. The summed E-state index contributed by atoms with van der Waals surface area (Å²) in [4.78, 5) is 0. The van der Waals surface area contributed by atoms with Crippen molar-refractivity contribution < 1.29 is 0 Å². The van der Waals surface area contributed by atoms with Gasteiger partial charge in [0.1, 0.15) is 0 Å². The third kappa shape index (κ3) is 3.46. The fraction of sp³-hybridized carbons (Fsp3) is 1.00. The van der Waals surface area contributed by atoms with E-state index in [-0.39, 0.29) is 0 Å². The summed E-state index contributed by atoms with van der Waals surface area (Å²) in [7, 11) is 0. The summed E-state index contributed by atoms with van der Waals surface area (Å²) in [6.07, 6.45) is 5.16. The van der Waals surface area contributed by atoms with Crippen molar-refractivity contribution >= 4 is 0 Å². The molecule has 1 rings (SSSR count). The van der Waals surface area contributed by atoms with E-state index >= 15 is 0 Å². The molecular weight excluding hydrogens is 114 g/mol. The normalized spacial score (nSPS) is 24.0. The molecule has 0 aromatic carbocycles. The SMILES string of the molecule is C1CCCNN[N]CC1. The first-order valence-electron chi connectivity index (χ1n) is 3.64. The van der Waals surface area contributed by atoms with Gasteiger partial charge in [0.15, 0.2) is 0 Å². The van der Waals surface area contributed by atoms with E-state index in [1.54, 1.807) is 0 Å². The third-order valence-electron chi connectivity index (χ3n) is 1.48. The topological polar surface area (TPSA) is 38.2 Å². The predicted octanol–water partition coefficient (Wildman–Crippen LogP) is 0.174. The van der Waals surface area contributed by atoms with Gasteiger partial charge in [-0.2, -0.15) is 5.53 Å². The number of nitrogens with zero attached hydrogens (tertiary/aromatic N) is 1. The van der Waals surface area contributed by atoms with Crippen LogP contribution in [-0.4, -0.2) is 13.1 Å². The van der Waals surface area contributed by atoms with Crippen LogP contribution in [0.25, 0.3) is 0 Å². The molecule has 0 aromatic heterocycles. The molecule has 0 atom stereocenters. The van der Waals surface area contributed by atoms with Crippen molar-refractivity contribution in [3.05, 3.63) is 0 Å². The fourth-order valence-electron chi connectivity index (χ4n) is 0.926. The zero-order valence-electron chi connectivity index (χ0n) is 5.69. The molecule has 53 valence electrons. The standard InChI is InChI=1S/C6H14N3/c1-2-4-6-8-9-7-5-3-1/h7,9H,1-6H2. The van der Waals surface area contributed by atoms with Crippen LogP contribution < -0.4 is 16.4 Å². The second kappa shape index (κ2) is 4.73. The van der Waals surface area contributed by atoms with E-state index < -0.39 is 0 Å². The van der Waals surface area contributed by atoms with Crippen LogP contribution in [-0.2, 0) is 0 Å². The molecule has 0 saturated carbocycles. The Kier molecular flexibility index (Phi) is 3.68. The van der Waals surface area contributed by atoms with Crippen LogP contribution >= 0.6 is 0 Å². The number of nitrogens with one attached hydrogen (secondary N) is 2. The Morgan fingerprint density at radius 1 is 1.00 bits per heavy atom. The molecule has 0 spiro atoms. The largest absolute Gasteiger partial charge is 0.243 e. The van der Waals surface area contributed by atoms with Crippen LogP contribution in [0.15, 0.2) is 0 Å². The van der Waals surface area contributed by atoms with Crippen LogP contribution in [0, 0.1) is 0 Å². The summed E-state index contributed by atoms with van der Waals surface area (Å²) in [6, 6.07) is 0. The minimum absolute atomic E-state index is 0.951. The highest BCUT2D eigenvalue weighted by molar-refractivity contribution is 4.49. The van der Waals surface area contributed by atoms with E-state index in [1.165, 1.54) is 25.7 Å². The molecule has 0 aromatic rings. The maximum absolute atomic E-state index is 4.03. The number of hydrogen-bond donors (Lipinski definition) is 2. The molecule has 3 heteroatoms. The van der Waals surface area contributed by atoms with Crippen LogP contribution in [0.2, 0.25) is 0 Å². The van der Waals surface area contributed by atoms with Crippen molar-refractivity contribution in [2.24, 2.45) is 0 Å². The highest BCUT2D eigenvalue weighted by Gasteiger charge is 1.93. The van der Waals surface area contributed by atoms with Crippen LogP contribution in [0.1, 0.15) is 25.7 Å². The molecule has 0 amide bonds. The minimum Gasteiger partial charge on any atom is -0.243 e. The summed E-state index contributed by atoms with van der Waals surface area (Å²) in [5.41, 5.74) is 9.84. The van der Waals surface area contributed by atoms with Crippen LogP contribution in [0.4, 0.5) is 0 Å². The Balaban J connectivity index is 2.02. The van der Waals surface area contributed by atoms with E-state index in [0.29, 0.717) is 0 Å². The molecule has 1 heterocycles. The third-order valence-corrected chi connectivity index (χ3v) is 1.48. The molecule has 1 saturated heterocycles. The van der Waals surface area contributed by atoms with Gasteiger partial charge in [-0.25, -0.2) is 5.43 Å². The van der Waals surface area contributed by atoms with E-state index in [0.717, 1.165) is 13.1 Å². The van der Waals surface area contributed by atoms with Crippen molar-refractivity contribution in [2.75, 3.05) is 13.1 Å². The quantitative estimate of drug-likeness (QED) is 0.488. The van der Waals surface area contributed by atoms with Gasteiger partial charge in [-0.15, -0.1) is 5.43 Å². The molecule has 0 bridgehead atoms.